The molecule has 1 amide bonds. The lowest BCUT2D eigenvalue weighted by Gasteiger charge is -2.16. The van der Waals surface area contributed by atoms with Gasteiger partial charge in [0.25, 0.3) is 5.91 Å². The van der Waals surface area contributed by atoms with Gasteiger partial charge in [0.1, 0.15) is 0 Å². The lowest BCUT2D eigenvalue weighted by molar-refractivity contribution is 0.0497. The maximum atomic E-state index is 12.6. The van der Waals surface area contributed by atoms with E-state index in [9.17, 15) is 9.59 Å². The number of carbonyl (C=O) groups excluding carboxylic acids is 2. The van der Waals surface area contributed by atoms with E-state index in [0.29, 0.717) is 18.7 Å². The minimum Gasteiger partial charge on any atom is -0.462 e. The Bertz CT molecular complexity index is 813. The second kappa shape index (κ2) is 10.8. The number of anilines is 1. The molecule has 0 atom stereocenters. The molecule has 0 saturated heterocycles. The fraction of sp³-hybridized carbons (Fsp3) is 0.440. The minimum absolute atomic E-state index is 0.00520. The molecule has 0 aliphatic carbocycles. The lowest BCUT2D eigenvalue weighted by atomic mass is 10.1. The first-order valence-electron chi connectivity index (χ1n) is 10.9. The number of nitrogens with zero attached hydrogens (tertiary/aromatic N) is 1. The van der Waals surface area contributed by atoms with Gasteiger partial charge in [0.2, 0.25) is 0 Å². The molecule has 0 unspecified atom stereocenters. The molecule has 154 valence electrons. The van der Waals surface area contributed by atoms with Gasteiger partial charge in [-0.15, -0.1) is 0 Å². The second-order valence-electron chi connectivity index (χ2n) is 7.71. The number of carbonyl (C=O) groups is 2. The Labute approximate surface area is 173 Å². The van der Waals surface area contributed by atoms with Crippen LogP contribution in [-0.4, -0.2) is 18.5 Å². The molecular formula is C25H31NO3. The highest BCUT2D eigenvalue weighted by Crippen LogP contribution is 2.28. The van der Waals surface area contributed by atoms with Crippen LogP contribution in [0.2, 0.25) is 0 Å². The van der Waals surface area contributed by atoms with Crippen LogP contribution >= 0.6 is 0 Å². The van der Waals surface area contributed by atoms with Crippen molar-refractivity contribution in [3.05, 3.63) is 65.2 Å². The van der Waals surface area contributed by atoms with Crippen molar-refractivity contribution in [2.24, 2.45) is 0 Å². The Morgan fingerprint density at radius 3 is 2.24 bits per heavy atom. The van der Waals surface area contributed by atoms with E-state index in [2.05, 4.69) is 6.92 Å². The second-order valence-corrected chi connectivity index (χ2v) is 7.71. The Morgan fingerprint density at radius 1 is 0.897 bits per heavy atom. The molecule has 2 aromatic rings. The Morgan fingerprint density at radius 2 is 1.55 bits per heavy atom. The van der Waals surface area contributed by atoms with Crippen molar-refractivity contribution in [3.63, 3.8) is 0 Å². The van der Waals surface area contributed by atoms with Crippen LogP contribution in [0.5, 0.6) is 0 Å². The smallest absolute Gasteiger partial charge is 0.338 e. The van der Waals surface area contributed by atoms with Crippen molar-refractivity contribution >= 4 is 17.6 Å². The Balaban J connectivity index is 1.40. The summed E-state index contributed by atoms with van der Waals surface area (Å²) < 4.78 is 5.39. The van der Waals surface area contributed by atoms with Crippen LogP contribution in [0.25, 0.3) is 0 Å². The summed E-state index contributed by atoms with van der Waals surface area (Å²) in [6.07, 6.45) is 9.75. The van der Waals surface area contributed by atoms with Crippen molar-refractivity contribution in [2.75, 3.05) is 11.5 Å². The zero-order valence-electron chi connectivity index (χ0n) is 17.4. The monoisotopic (exact) mass is 393 g/mol. The quantitative estimate of drug-likeness (QED) is 0.340. The number of esters is 1. The zero-order valence-corrected chi connectivity index (χ0v) is 17.4. The summed E-state index contributed by atoms with van der Waals surface area (Å²) in [5, 5.41) is 0. The Kier molecular flexibility index (Phi) is 7.85. The van der Waals surface area contributed by atoms with Crippen molar-refractivity contribution in [1.82, 2.24) is 0 Å². The van der Waals surface area contributed by atoms with Crippen LogP contribution in [0.4, 0.5) is 5.69 Å². The van der Waals surface area contributed by atoms with Gasteiger partial charge in [-0.1, -0.05) is 70.1 Å². The molecule has 3 rings (SSSR count). The van der Waals surface area contributed by atoms with Crippen LogP contribution in [-0.2, 0) is 11.3 Å². The van der Waals surface area contributed by atoms with Gasteiger partial charge in [-0.3, -0.25) is 4.79 Å². The molecule has 4 heteroatoms. The summed E-state index contributed by atoms with van der Waals surface area (Å²) in [7, 11) is 0. The number of hydrogen-bond donors (Lipinski definition) is 0. The molecule has 1 heterocycles. The van der Waals surface area contributed by atoms with Crippen LogP contribution < -0.4 is 4.90 Å². The van der Waals surface area contributed by atoms with E-state index in [4.69, 9.17) is 4.74 Å². The molecule has 0 radical (unpaired) electrons. The van der Waals surface area contributed by atoms with Crippen LogP contribution in [0.1, 0.15) is 84.6 Å². The third kappa shape index (κ3) is 5.69. The summed E-state index contributed by atoms with van der Waals surface area (Å²) in [6.45, 7) is 3.26. The highest BCUT2D eigenvalue weighted by atomic mass is 16.5. The summed E-state index contributed by atoms with van der Waals surface area (Å²) in [6, 6.07) is 14.8. The van der Waals surface area contributed by atoms with E-state index >= 15 is 0 Å². The van der Waals surface area contributed by atoms with Gasteiger partial charge in [-0.2, -0.15) is 0 Å². The van der Waals surface area contributed by atoms with Crippen LogP contribution in [0.15, 0.2) is 48.5 Å². The van der Waals surface area contributed by atoms with Gasteiger partial charge in [-0.05, 0) is 42.3 Å². The van der Waals surface area contributed by atoms with E-state index in [1.807, 2.05) is 36.4 Å². The summed E-state index contributed by atoms with van der Waals surface area (Å²) in [4.78, 5) is 26.5. The van der Waals surface area contributed by atoms with Crippen molar-refractivity contribution < 1.29 is 14.3 Å². The molecule has 29 heavy (non-hydrogen) atoms. The molecular weight excluding hydrogens is 362 g/mol. The number of amides is 1. The van der Waals surface area contributed by atoms with E-state index in [0.717, 1.165) is 29.7 Å². The number of unbranched alkanes of at least 4 members (excludes halogenated alkanes) is 7. The molecule has 0 bridgehead atoms. The highest BCUT2D eigenvalue weighted by molar-refractivity contribution is 6.10. The van der Waals surface area contributed by atoms with E-state index in [-0.39, 0.29) is 11.9 Å². The molecule has 0 saturated carbocycles. The average Bonchev–Trinajstić information content (AvgIpc) is 3.09. The molecule has 0 N–H and O–H groups in total. The SMILES string of the molecule is CCCCCCCCCCOC(=O)c1ccc(N2Cc3ccccc3C2=O)cc1. The van der Waals surface area contributed by atoms with Gasteiger partial charge in [0.15, 0.2) is 0 Å². The molecule has 4 nitrogen and oxygen atoms in total. The molecule has 2 aromatic carbocycles. The fourth-order valence-electron chi connectivity index (χ4n) is 3.72. The van der Waals surface area contributed by atoms with Gasteiger partial charge in [0.05, 0.1) is 18.7 Å². The normalized spacial score (nSPS) is 12.9. The summed E-state index contributed by atoms with van der Waals surface area (Å²) in [5.41, 5.74) is 3.11. The lowest BCUT2D eigenvalue weighted by Crippen LogP contribution is -2.23. The number of rotatable bonds is 11. The predicted molar refractivity (Wildman–Crippen MR) is 116 cm³/mol. The van der Waals surface area contributed by atoms with E-state index in [1.165, 1.54) is 38.5 Å². The molecule has 1 aliphatic rings. The standard InChI is InChI=1S/C25H31NO3/c1-2-3-4-5-6-7-8-11-18-29-25(28)20-14-16-22(17-15-20)26-19-21-12-9-10-13-23(21)24(26)27/h9-10,12-17H,2-8,11,18-19H2,1H3. The Hall–Kier alpha value is -2.62. The van der Waals surface area contributed by atoms with Crippen molar-refractivity contribution in [3.8, 4) is 0 Å². The average molecular weight is 394 g/mol. The largest absolute Gasteiger partial charge is 0.462 e. The van der Waals surface area contributed by atoms with Gasteiger partial charge < -0.3 is 9.64 Å². The van der Waals surface area contributed by atoms with E-state index in [1.54, 1.807) is 17.0 Å². The van der Waals surface area contributed by atoms with Crippen LogP contribution in [0.3, 0.4) is 0 Å². The molecule has 0 aromatic heterocycles. The third-order valence-electron chi connectivity index (χ3n) is 5.47. The first kappa shape index (κ1) is 21.1. The summed E-state index contributed by atoms with van der Waals surface area (Å²) in [5.74, 6) is -0.291. The first-order chi connectivity index (χ1) is 14.2. The fourth-order valence-corrected chi connectivity index (χ4v) is 3.72. The first-order valence-corrected chi connectivity index (χ1v) is 10.9. The zero-order chi connectivity index (χ0) is 20.5. The highest BCUT2D eigenvalue weighted by Gasteiger charge is 2.27. The number of hydrogen-bond acceptors (Lipinski definition) is 3. The van der Waals surface area contributed by atoms with E-state index < -0.39 is 0 Å². The number of fused-ring (bicyclic) bond motifs is 1. The van der Waals surface area contributed by atoms with Gasteiger partial charge in [-0.25, -0.2) is 4.79 Å². The molecule has 0 spiro atoms. The van der Waals surface area contributed by atoms with Crippen LogP contribution in [0, 0.1) is 0 Å². The molecule has 0 fully saturated rings. The number of benzene rings is 2. The van der Waals surface area contributed by atoms with Crippen molar-refractivity contribution in [1.29, 1.82) is 0 Å². The third-order valence-corrected chi connectivity index (χ3v) is 5.47. The number of ether oxygens (including phenoxy) is 1. The van der Waals surface area contributed by atoms with Crippen molar-refractivity contribution in [2.45, 2.75) is 64.8 Å². The maximum absolute atomic E-state index is 12.6. The predicted octanol–water partition coefficient (Wildman–Crippen LogP) is 6.14. The molecule has 1 aliphatic heterocycles. The summed E-state index contributed by atoms with van der Waals surface area (Å²) >= 11 is 0. The topological polar surface area (TPSA) is 46.6 Å². The maximum Gasteiger partial charge on any atom is 0.338 e. The van der Waals surface area contributed by atoms with Gasteiger partial charge >= 0.3 is 5.97 Å². The van der Waals surface area contributed by atoms with Gasteiger partial charge in [0, 0.05) is 11.3 Å². The minimum atomic E-state index is -0.296.